The fraction of sp³-hybridized carbons (Fsp3) is 0.381. The van der Waals surface area contributed by atoms with Crippen LogP contribution in [0.5, 0.6) is 0 Å². The van der Waals surface area contributed by atoms with Gasteiger partial charge >= 0.3 is 0 Å². The number of benzene rings is 2. The number of nitrogens with two attached hydrogens (primary N) is 1. The van der Waals surface area contributed by atoms with Crippen molar-refractivity contribution in [2.45, 2.75) is 45.2 Å². The van der Waals surface area contributed by atoms with E-state index in [0.29, 0.717) is 11.6 Å². The molecule has 0 spiro atoms. The molecule has 0 aromatic heterocycles. The number of amides is 1. The molecule has 2 rings (SSSR count). The molecule has 4 heteroatoms. The summed E-state index contributed by atoms with van der Waals surface area (Å²) in [6, 6.07) is 18.0. The molecular weight excluding hydrogens is 332 g/mol. The van der Waals surface area contributed by atoms with Gasteiger partial charge in [-0.15, -0.1) is 0 Å². The third-order valence-corrected chi connectivity index (χ3v) is 4.66. The lowest BCUT2D eigenvalue weighted by atomic mass is 9.97. The normalized spacial score (nSPS) is 13.2. The number of carbonyl (C=O) groups excluding carboxylic acids is 1. The zero-order valence-corrected chi connectivity index (χ0v) is 15.5. The van der Waals surface area contributed by atoms with E-state index >= 15 is 0 Å². The van der Waals surface area contributed by atoms with E-state index in [-0.39, 0.29) is 17.9 Å². The Hall–Kier alpha value is -1.84. The van der Waals surface area contributed by atoms with Crippen molar-refractivity contribution in [3.63, 3.8) is 0 Å². The van der Waals surface area contributed by atoms with Crippen LogP contribution in [0.25, 0.3) is 0 Å². The van der Waals surface area contributed by atoms with E-state index in [9.17, 15) is 4.79 Å². The number of nitrogens with one attached hydrogen (secondary N) is 1. The first-order valence-corrected chi connectivity index (χ1v) is 9.24. The molecular formula is C21H27ClN2O. The number of hydrogen-bond acceptors (Lipinski definition) is 2. The molecule has 0 fully saturated rings. The highest BCUT2D eigenvalue weighted by molar-refractivity contribution is 6.30. The molecule has 0 aliphatic heterocycles. The fourth-order valence-corrected chi connectivity index (χ4v) is 2.96. The molecule has 0 saturated carbocycles. The molecule has 2 aromatic rings. The van der Waals surface area contributed by atoms with E-state index in [0.717, 1.165) is 31.2 Å². The van der Waals surface area contributed by atoms with E-state index in [1.165, 1.54) is 5.56 Å². The van der Waals surface area contributed by atoms with Crippen molar-refractivity contribution >= 4 is 17.5 Å². The fourth-order valence-electron chi connectivity index (χ4n) is 2.75. The van der Waals surface area contributed by atoms with Gasteiger partial charge in [0.2, 0.25) is 5.91 Å². The van der Waals surface area contributed by atoms with Gasteiger partial charge in [-0.2, -0.15) is 0 Å². The van der Waals surface area contributed by atoms with Crippen LogP contribution in [0, 0.1) is 5.92 Å². The summed E-state index contributed by atoms with van der Waals surface area (Å²) in [5.41, 5.74) is 8.52. The van der Waals surface area contributed by atoms with Crippen molar-refractivity contribution in [1.29, 1.82) is 0 Å². The van der Waals surface area contributed by atoms with Crippen LogP contribution in [0.4, 0.5) is 0 Å². The summed E-state index contributed by atoms with van der Waals surface area (Å²) >= 11 is 5.95. The highest BCUT2D eigenvalue weighted by Gasteiger charge is 2.14. The number of carbonyl (C=O) groups is 1. The van der Waals surface area contributed by atoms with Crippen molar-refractivity contribution in [3.05, 3.63) is 70.7 Å². The summed E-state index contributed by atoms with van der Waals surface area (Å²) in [7, 11) is 0. The van der Waals surface area contributed by atoms with Crippen LogP contribution in [0.3, 0.4) is 0 Å². The van der Waals surface area contributed by atoms with E-state index < -0.39 is 0 Å². The third-order valence-electron chi connectivity index (χ3n) is 4.42. The van der Waals surface area contributed by atoms with E-state index in [4.69, 9.17) is 17.3 Å². The molecule has 2 aromatic carbocycles. The van der Waals surface area contributed by atoms with Gasteiger partial charge in [0, 0.05) is 23.5 Å². The Morgan fingerprint density at radius 1 is 1.04 bits per heavy atom. The SMILES string of the molecule is C[C@H](CC[C@H](N)CCc1ccccc1)C(=O)NCc1cccc(Cl)c1. The Balaban J connectivity index is 1.66. The lowest BCUT2D eigenvalue weighted by molar-refractivity contribution is -0.124. The minimum atomic E-state index is -0.0399. The maximum Gasteiger partial charge on any atom is 0.223 e. The first kappa shape index (κ1) is 19.5. The maximum absolute atomic E-state index is 12.2. The predicted octanol–water partition coefficient (Wildman–Crippen LogP) is 4.33. The average Bonchev–Trinajstić information content (AvgIpc) is 2.63. The second kappa shape index (κ2) is 10.2. The van der Waals surface area contributed by atoms with Crippen LogP contribution < -0.4 is 11.1 Å². The minimum Gasteiger partial charge on any atom is -0.352 e. The lowest BCUT2D eigenvalue weighted by Crippen LogP contribution is -2.30. The largest absolute Gasteiger partial charge is 0.352 e. The molecule has 0 unspecified atom stereocenters. The standard InChI is InChI=1S/C21H27ClN2O/c1-16(21(25)24-15-18-8-5-9-19(22)14-18)10-12-20(23)13-11-17-6-3-2-4-7-17/h2-9,14,16,20H,10-13,15,23H2,1H3,(H,24,25)/t16-,20+/m1/s1. The molecule has 3 nitrogen and oxygen atoms in total. The second-order valence-corrected chi connectivity index (χ2v) is 7.05. The van der Waals surface area contributed by atoms with Crippen LogP contribution in [0.15, 0.2) is 54.6 Å². The predicted molar refractivity (Wildman–Crippen MR) is 104 cm³/mol. The molecule has 0 aliphatic rings. The van der Waals surface area contributed by atoms with E-state index in [1.807, 2.05) is 49.4 Å². The van der Waals surface area contributed by atoms with Crippen molar-refractivity contribution in [3.8, 4) is 0 Å². The van der Waals surface area contributed by atoms with Crippen molar-refractivity contribution < 1.29 is 4.79 Å². The number of aryl methyl sites for hydroxylation is 1. The van der Waals surface area contributed by atoms with E-state index in [2.05, 4.69) is 17.4 Å². The molecule has 0 bridgehead atoms. The summed E-state index contributed by atoms with van der Waals surface area (Å²) < 4.78 is 0. The summed E-state index contributed by atoms with van der Waals surface area (Å²) in [5, 5.41) is 3.65. The van der Waals surface area contributed by atoms with Gasteiger partial charge in [0.1, 0.15) is 0 Å². The number of rotatable bonds is 9. The first-order chi connectivity index (χ1) is 12.0. The Morgan fingerprint density at radius 2 is 1.76 bits per heavy atom. The number of hydrogen-bond donors (Lipinski definition) is 2. The lowest BCUT2D eigenvalue weighted by Gasteiger charge is -2.16. The smallest absolute Gasteiger partial charge is 0.223 e. The van der Waals surface area contributed by atoms with Crippen LogP contribution in [-0.4, -0.2) is 11.9 Å². The van der Waals surface area contributed by atoms with Crippen molar-refractivity contribution in [1.82, 2.24) is 5.32 Å². The molecule has 2 atom stereocenters. The Labute approximate surface area is 155 Å². The van der Waals surface area contributed by atoms with Crippen LogP contribution in [0.2, 0.25) is 5.02 Å². The zero-order valence-electron chi connectivity index (χ0n) is 14.7. The molecule has 1 amide bonds. The highest BCUT2D eigenvalue weighted by Crippen LogP contribution is 2.13. The Morgan fingerprint density at radius 3 is 2.48 bits per heavy atom. The monoisotopic (exact) mass is 358 g/mol. The van der Waals surface area contributed by atoms with Crippen LogP contribution in [-0.2, 0) is 17.8 Å². The highest BCUT2D eigenvalue weighted by atomic mass is 35.5. The molecule has 134 valence electrons. The molecule has 0 saturated heterocycles. The molecule has 3 N–H and O–H groups in total. The molecule has 0 aliphatic carbocycles. The maximum atomic E-state index is 12.2. The minimum absolute atomic E-state index is 0.0399. The van der Waals surface area contributed by atoms with Crippen molar-refractivity contribution in [2.75, 3.05) is 0 Å². The zero-order chi connectivity index (χ0) is 18.1. The van der Waals surface area contributed by atoms with Gasteiger partial charge in [0.05, 0.1) is 0 Å². The van der Waals surface area contributed by atoms with E-state index in [1.54, 1.807) is 0 Å². The van der Waals surface area contributed by atoms with Crippen LogP contribution >= 0.6 is 11.6 Å². The average molecular weight is 359 g/mol. The molecule has 0 radical (unpaired) electrons. The van der Waals surface area contributed by atoms with Gasteiger partial charge in [0.25, 0.3) is 0 Å². The van der Waals surface area contributed by atoms with Gasteiger partial charge in [-0.05, 0) is 48.9 Å². The first-order valence-electron chi connectivity index (χ1n) is 8.86. The summed E-state index contributed by atoms with van der Waals surface area (Å²) in [6.07, 6.45) is 3.59. The third kappa shape index (κ3) is 7.29. The van der Waals surface area contributed by atoms with Gasteiger partial charge in [0.15, 0.2) is 0 Å². The Bertz CT molecular complexity index is 660. The van der Waals surface area contributed by atoms with Crippen molar-refractivity contribution in [2.24, 2.45) is 11.7 Å². The topological polar surface area (TPSA) is 55.1 Å². The Kier molecular flexibility index (Phi) is 7.96. The summed E-state index contributed by atoms with van der Waals surface area (Å²) in [4.78, 5) is 12.2. The van der Waals surface area contributed by atoms with Gasteiger partial charge < -0.3 is 11.1 Å². The number of halogens is 1. The molecule has 0 heterocycles. The van der Waals surface area contributed by atoms with Gasteiger partial charge in [-0.3, -0.25) is 4.79 Å². The van der Waals surface area contributed by atoms with Gasteiger partial charge in [-0.25, -0.2) is 0 Å². The summed E-state index contributed by atoms with van der Waals surface area (Å²) in [6.45, 7) is 2.46. The summed E-state index contributed by atoms with van der Waals surface area (Å²) in [5.74, 6) is 0.0252. The second-order valence-electron chi connectivity index (χ2n) is 6.61. The van der Waals surface area contributed by atoms with Gasteiger partial charge in [-0.1, -0.05) is 61.0 Å². The quantitative estimate of drug-likeness (QED) is 0.700. The van der Waals surface area contributed by atoms with Crippen LogP contribution in [0.1, 0.15) is 37.3 Å². The molecule has 25 heavy (non-hydrogen) atoms.